The average Bonchev–Trinajstić information content (AvgIpc) is 2.14. The fraction of sp³-hybridized carbons (Fsp3) is 0.900. The van der Waals surface area contributed by atoms with E-state index >= 15 is 0 Å². The maximum Gasteiger partial charge on any atom is 0.236 e. The molecule has 0 aromatic rings. The highest BCUT2D eigenvalue weighted by Gasteiger charge is 2.13. The van der Waals surface area contributed by atoms with Crippen molar-refractivity contribution in [1.29, 1.82) is 0 Å². The third kappa shape index (κ3) is 6.27. The van der Waals surface area contributed by atoms with Crippen molar-refractivity contribution in [2.24, 2.45) is 0 Å². The maximum absolute atomic E-state index is 11.5. The van der Waals surface area contributed by atoms with E-state index in [0.717, 1.165) is 18.7 Å². The minimum atomic E-state index is -0.0938. The van der Waals surface area contributed by atoms with E-state index in [0.29, 0.717) is 6.04 Å². The van der Waals surface area contributed by atoms with E-state index in [1.165, 1.54) is 0 Å². The number of hydrogen-bond donors (Lipinski definition) is 2. The van der Waals surface area contributed by atoms with Crippen molar-refractivity contribution < 1.29 is 4.79 Å². The lowest BCUT2D eigenvalue weighted by Crippen LogP contribution is -2.46. The van der Waals surface area contributed by atoms with Gasteiger partial charge in [-0.3, -0.25) is 4.79 Å². The highest BCUT2D eigenvalue weighted by molar-refractivity contribution is 7.98. The molecule has 0 aliphatic heterocycles. The highest BCUT2D eigenvalue weighted by Crippen LogP contribution is 1.97. The van der Waals surface area contributed by atoms with Gasteiger partial charge in [0, 0.05) is 18.3 Å². The molecule has 3 nitrogen and oxygen atoms in total. The molecule has 0 aliphatic rings. The molecule has 0 saturated carbocycles. The van der Waals surface area contributed by atoms with E-state index < -0.39 is 0 Å². The summed E-state index contributed by atoms with van der Waals surface area (Å²) in [5.41, 5.74) is 0. The third-order valence-corrected chi connectivity index (χ3v) is 2.73. The van der Waals surface area contributed by atoms with Crippen LogP contribution in [0.1, 0.15) is 27.2 Å². The van der Waals surface area contributed by atoms with Crippen LogP contribution in [-0.4, -0.2) is 36.5 Å². The second-order valence-corrected chi connectivity index (χ2v) is 4.45. The minimum Gasteiger partial charge on any atom is -0.355 e. The molecule has 0 rings (SSSR count). The Morgan fingerprint density at radius 3 is 2.57 bits per heavy atom. The summed E-state index contributed by atoms with van der Waals surface area (Å²) in [5, 5.41) is 6.13. The molecule has 0 aromatic carbocycles. The minimum absolute atomic E-state index is 0.0938. The van der Waals surface area contributed by atoms with E-state index in [-0.39, 0.29) is 11.9 Å². The molecule has 0 radical (unpaired) electrons. The molecule has 84 valence electrons. The van der Waals surface area contributed by atoms with Gasteiger partial charge in [-0.15, -0.1) is 0 Å². The van der Waals surface area contributed by atoms with Gasteiger partial charge in [-0.1, -0.05) is 6.92 Å². The Labute approximate surface area is 91.4 Å². The number of thioether (sulfide) groups is 1. The van der Waals surface area contributed by atoms with Gasteiger partial charge in [0.2, 0.25) is 5.91 Å². The summed E-state index contributed by atoms with van der Waals surface area (Å²) in [6.45, 7) is 6.82. The molecule has 4 heteroatoms. The van der Waals surface area contributed by atoms with Gasteiger partial charge in [-0.2, -0.15) is 11.8 Å². The van der Waals surface area contributed by atoms with Crippen molar-refractivity contribution in [1.82, 2.24) is 10.6 Å². The molecular formula is C10H22N2OS. The lowest BCUT2D eigenvalue weighted by Gasteiger charge is -2.18. The standard InChI is InChI=1S/C10H22N2OS/c1-5-6-11-10(13)9(3)12-8(2)7-14-4/h8-9,12H,5-7H2,1-4H3,(H,11,13). The first kappa shape index (κ1) is 13.8. The number of amides is 1. The Kier molecular flexibility index (Phi) is 7.99. The van der Waals surface area contributed by atoms with Crippen LogP contribution in [0.4, 0.5) is 0 Å². The highest BCUT2D eigenvalue weighted by atomic mass is 32.2. The van der Waals surface area contributed by atoms with Gasteiger partial charge >= 0.3 is 0 Å². The Morgan fingerprint density at radius 1 is 1.43 bits per heavy atom. The fourth-order valence-electron chi connectivity index (χ4n) is 1.20. The number of hydrogen-bond acceptors (Lipinski definition) is 3. The lowest BCUT2D eigenvalue weighted by atomic mass is 10.2. The first-order chi connectivity index (χ1) is 6.61. The van der Waals surface area contributed by atoms with Crippen molar-refractivity contribution in [3.8, 4) is 0 Å². The Morgan fingerprint density at radius 2 is 2.07 bits per heavy atom. The van der Waals surface area contributed by atoms with E-state index in [2.05, 4.69) is 30.7 Å². The molecule has 2 unspecified atom stereocenters. The van der Waals surface area contributed by atoms with Gasteiger partial charge in [0.1, 0.15) is 0 Å². The molecule has 0 aliphatic carbocycles. The van der Waals surface area contributed by atoms with Crippen LogP contribution in [0.25, 0.3) is 0 Å². The molecule has 14 heavy (non-hydrogen) atoms. The van der Waals surface area contributed by atoms with Gasteiger partial charge in [-0.25, -0.2) is 0 Å². The summed E-state index contributed by atoms with van der Waals surface area (Å²) in [7, 11) is 0. The van der Waals surface area contributed by atoms with Crippen LogP contribution in [0.15, 0.2) is 0 Å². The van der Waals surface area contributed by atoms with Crippen molar-refractivity contribution >= 4 is 17.7 Å². The topological polar surface area (TPSA) is 41.1 Å². The van der Waals surface area contributed by atoms with Crippen LogP contribution in [-0.2, 0) is 4.79 Å². The van der Waals surface area contributed by atoms with Crippen LogP contribution in [0.3, 0.4) is 0 Å². The van der Waals surface area contributed by atoms with Crippen LogP contribution in [0.5, 0.6) is 0 Å². The second kappa shape index (κ2) is 8.12. The predicted molar refractivity (Wildman–Crippen MR) is 63.7 cm³/mol. The summed E-state index contributed by atoms with van der Waals surface area (Å²) in [5.74, 6) is 1.13. The van der Waals surface area contributed by atoms with Gasteiger partial charge in [0.15, 0.2) is 0 Å². The molecule has 0 fully saturated rings. The number of carbonyl (C=O) groups is 1. The van der Waals surface area contributed by atoms with Crippen LogP contribution >= 0.6 is 11.8 Å². The zero-order valence-electron chi connectivity index (χ0n) is 9.59. The Balaban J connectivity index is 3.70. The van der Waals surface area contributed by atoms with Gasteiger partial charge in [-0.05, 0) is 26.5 Å². The Bertz CT molecular complexity index is 164. The van der Waals surface area contributed by atoms with Crippen molar-refractivity contribution in [3.63, 3.8) is 0 Å². The fourth-order valence-corrected chi connectivity index (χ4v) is 1.80. The van der Waals surface area contributed by atoms with Crippen LogP contribution in [0, 0.1) is 0 Å². The first-order valence-corrected chi connectivity index (χ1v) is 6.53. The monoisotopic (exact) mass is 218 g/mol. The molecule has 0 aromatic heterocycles. The summed E-state index contributed by atoms with van der Waals surface area (Å²) in [6.07, 6.45) is 3.05. The largest absolute Gasteiger partial charge is 0.355 e. The molecule has 2 N–H and O–H groups in total. The normalized spacial score (nSPS) is 14.9. The van der Waals surface area contributed by atoms with Gasteiger partial charge < -0.3 is 10.6 Å². The van der Waals surface area contributed by atoms with Crippen molar-refractivity contribution in [3.05, 3.63) is 0 Å². The maximum atomic E-state index is 11.5. The zero-order chi connectivity index (χ0) is 11.0. The van der Waals surface area contributed by atoms with Crippen molar-refractivity contribution in [2.45, 2.75) is 39.3 Å². The SMILES string of the molecule is CCCNC(=O)C(C)NC(C)CSC. The molecule has 0 heterocycles. The molecule has 2 atom stereocenters. The summed E-state index contributed by atoms with van der Waals surface area (Å²) < 4.78 is 0. The molecule has 1 amide bonds. The number of nitrogens with one attached hydrogen (secondary N) is 2. The summed E-state index contributed by atoms with van der Waals surface area (Å²) >= 11 is 1.79. The average molecular weight is 218 g/mol. The number of rotatable bonds is 7. The molecular weight excluding hydrogens is 196 g/mol. The van der Waals surface area contributed by atoms with E-state index in [4.69, 9.17) is 0 Å². The quantitative estimate of drug-likeness (QED) is 0.675. The predicted octanol–water partition coefficient (Wildman–Crippen LogP) is 1.24. The molecule has 0 saturated heterocycles. The smallest absolute Gasteiger partial charge is 0.236 e. The molecule has 0 spiro atoms. The number of carbonyl (C=O) groups excluding carboxylic acids is 1. The van der Waals surface area contributed by atoms with E-state index in [9.17, 15) is 4.79 Å². The Hall–Kier alpha value is -0.220. The van der Waals surface area contributed by atoms with E-state index in [1.807, 2.05) is 6.92 Å². The third-order valence-electron chi connectivity index (χ3n) is 1.89. The summed E-state index contributed by atoms with van der Waals surface area (Å²) in [4.78, 5) is 11.5. The van der Waals surface area contributed by atoms with Crippen molar-refractivity contribution in [2.75, 3.05) is 18.6 Å². The zero-order valence-corrected chi connectivity index (χ0v) is 10.4. The lowest BCUT2D eigenvalue weighted by molar-refractivity contribution is -0.122. The van der Waals surface area contributed by atoms with Crippen LogP contribution < -0.4 is 10.6 Å². The second-order valence-electron chi connectivity index (χ2n) is 3.54. The first-order valence-electron chi connectivity index (χ1n) is 5.14. The van der Waals surface area contributed by atoms with Crippen LogP contribution in [0.2, 0.25) is 0 Å². The van der Waals surface area contributed by atoms with Gasteiger partial charge in [0.25, 0.3) is 0 Å². The summed E-state index contributed by atoms with van der Waals surface area (Å²) in [6, 6.07) is 0.288. The molecule has 0 bridgehead atoms. The van der Waals surface area contributed by atoms with E-state index in [1.54, 1.807) is 11.8 Å². The van der Waals surface area contributed by atoms with Gasteiger partial charge in [0.05, 0.1) is 6.04 Å².